The van der Waals surface area contributed by atoms with Gasteiger partial charge in [0.25, 0.3) is 0 Å². The molecule has 0 saturated heterocycles. The summed E-state index contributed by atoms with van der Waals surface area (Å²) in [6.07, 6.45) is 6.34. The smallest absolute Gasteiger partial charge is 0.302 e. The van der Waals surface area contributed by atoms with Gasteiger partial charge >= 0.3 is 5.97 Å². The third-order valence-corrected chi connectivity index (χ3v) is 3.96. The van der Waals surface area contributed by atoms with Crippen molar-refractivity contribution in [3.05, 3.63) is 66.6 Å². The molecule has 2 heterocycles. The Morgan fingerprint density at radius 3 is 2.11 bits per heavy atom. The molecule has 8 heteroatoms. The van der Waals surface area contributed by atoms with Crippen LogP contribution in [0.25, 0.3) is 0 Å². The molecule has 2 aliphatic rings. The third kappa shape index (κ3) is 8.20. The van der Waals surface area contributed by atoms with E-state index >= 15 is 0 Å². The number of esters is 1. The predicted octanol–water partition coefficient (Wildman–Crippen LogP) is 3.37. The fourth-order valence-electron chi connectivity index (χ4n) is 2.92. The molecule has 2 aromatic rings. The second-order valence-electron chi connectivity index (χ2n) is 5.60. The molecule has 28 heavy (non-hydrogen) atoms. The number of aromatic nitrogens is 2. The number of aliphatic hydroxyl groups is 1. The Morgan fingerprint density at radius 2 is 1.57 bits per heavy atom. The van der Waals surface area contributed by atoms with E-state index < -0.39 is 0 Å². The van der Waals surface area contributed by atoms with E-state index in [4.69, 9.17) is 4.74 Å². The fraction of sp³-hybridized carbons (Fsp3) is 0.400. The number of aryl methyl sites for hydroxylation is 2. The van der Waals surface area contributed by atoms with Crippen molar-refractivity contribution in [3.8, 4) is 0 Å². The molecule has 2 aliphatic carbocycles. The van der Waals surface area contributed by atoms with Crippen LogP contribution >= 0.6 is 0 Å². The molecule has 153 valence electrons. The van der Waals surface area contributed by atoms with Crippen molar-refractivity contribution in [2.45, 2.75) is 52.2 Å². The largest absolute Gasteiger partial charge is 0.469 e. The van der Waals surface area contributed by atoms with Gasteiger partial charge in [-0.1, -0.05) is 19.8 Å². The molecule has 0 fully saturated rings. The Bertz CT molecular complexity index is 719. The summed E-state index contributed by atoms with van der Waals surface area (Å²) in [5.41, 5.74) is 3.85. The molecule has 2 atom stereocenters. The molecule has 1 N–H and O–H groups in total. The van der Waals surface area contributed by atoms with E-state index in [-0.39, 0.29) is 93.7 Å². The van der Waals surface area contributed by atoms with Crippen LogP contribution in [0, 0.1) is 19.6 Å². The zero-order valence-electron chi connectivity index (χ0n) is 15.2. The molecular formula is C20H25N2O3VW2-3. The Balaban J connectivity index is -0.000000386. The molecular weight excluding hydrogens is 735 g/mol. The molecule has 2 aromatic heterocycles. The summed E-state index contributed by atoms with van der Waals surface area (Å²) in [5.74, 6) is -0.247. The van der Waals surface area contributed by atoms with Crippen molar-refractivity contribution in [1.29, 1.82) is 0 Å². The van der Waals surface area contributed by atoms with Gasteiger partial charge in [0.2, 0.25) is 0 Å². The minimum atomic E-state index is -0.340. The quantitative estimate of drug-likeness (QED) is 0.357. The summed E-state index contributed by atoms with van der Waals surface area (Å²) >= 11 is 0. The van der Waals surface area contributed by atoms with Crippen LogP contribution < -0.4 is 0 Å². The van der Waals surface area contributed by atoms with Gasteiger partial charge < -0.3 is 27.2 Å². The SMILES string of the molecule is C.CC(=O)OC1CCc2[c-]ccnc21.OC1CCc2[c-]ccnc21.[CH3-].[V].[W].[W]. The average Bonchev–Trinajstić information content (AvgIpc) is 3.13. The summed E-state index contributed by atoms with van der Waals surface area (Å²) in [7, 11) is 0. The first-order chi connectivity index (χ1) is 11.1. The van der Waals surface area contributed by atoms with E-state index in [9.17, 15) is 9.90 Å². The van der Waals surface area contributed by atoms with Crippen LogP contribution in [-0.4, -0.2) is 21.0 Å². The number of rotatable bonds is 1. The molecule has 0 saturated carbocycles. The van der Waals surface area contributed by atoms with Crippen LogP contribution in [0.5, 0.6) is 0 Å². The van der Waals surface area contributed by atoms with Crippen LogP contribution in [-0.2, 0) is 83.1 Å². The van der Waals surface area contributed by atoms with Crippen LogP contribution in [0.1, 0.15) is 61.9 Å². The maximum absolute atomic E-state index is 10.7. The molecule has 0 bridgehead atoms. The minimum Gasteiger partial charge on any atom is -0.469 e. The molecule has 0 aliphatic heterocycles. The molecule has 2 unspecified atom stereocenters. The zero-order valence-corrected chi connectivity index (χ0v) is 22.5. The number of carbonyl (C=O) groups is 1. The van der Waals surface area contributed by atoms with Crippen molar-refractivity contribution >= 4 is 5.97 Å². The molecule has 0 spiro atoms. The monoisotopic (exact) mass is 760 g/mol. The maximum Gasteiger partial charge on any atom is 0.302 e. The predicted molar refractivity (Wildman–Crippen MR) is 95.4 cm³/mol. The van der Waals surface area contributed by atoms with Crippen molar-refractivity contribution < 1.29 is 75.3 Å². The van der Waals surface area contributed by atoms with Crippen LogP contribution in [0.2, 0.25) is 0 Å². The van der Waals surface area contributed by atoms with Gasteiger partial charge in [0, 0.05) is 67.6 Å². The van der Waals surface area contributed by atoms with E-state index in [0.717, 1.165) is 48.2 Å². The van der Waals surface area contributed by atoms with Crippen LogP contribution in [0.4, 0.5) is 0 Å². The summed E-state index contributed by atoms with van der Waals surface area (Å²) in [5, 5.41) is 9.30. The number of hydrogen-bond donors (Lipinski definition) is 1. The number of carbonyl (C=O) groups excluding carboxylic acids is 1. The molecule has 0 aromatic carbocycles. The molecule has 5 nitrogen and oxygen atoms in total. The van der Waals surface area contributed by atoms with Gasteiger partial charge in [-0.3, -0.25) is 4.79 Å². The Hall–Kier alpha value is -0.309. The maximum atomic E-state index is 10.7. The minimum absolute atomic E-state index is 0. The number of aliphatic hydroxyl groups excluding tert-OH is 1. The van der Waals surface area contributed by atoms with E-state index in [1.807, 2.05) is 0 Å². The van der Waals surface area contributed by atoms with Crippen molar-refractivity contribution in [1.82, 2.24) is 9.97 Å². The van der Waals surface area contributed by atoms with Crippen LogP contribution in [0.15, 0.2) is 24.5 Å². The number of ether oxygens (including phenoxy) is 1. The second-order valence-corrected chi connectivity index (χ2v) is 5.60. The summed E-state index contributed by atoms with van der Waals surface area (Å²) < 4.78 is 5.12. The second kappa shape index (κ2) is 15.5. The number of pyridine rings is 2. The standard InChI is InChI=1S/C10H10NO2.C8H8NO.CH4.CH3.V.2W/c1-7(12)13-9-5-4-8-3-2-6-11-10(8)9;10-7-4-3-6-2-1-5-9-8(6)7;;;;;/h2,6,9H,4-5H2,1H3;1,5,7,10H,3-4H2;1H4;1H3;;;/q2*-1;;-1;;;. The number of nitrogens with zero attached hydrogens (tertiary/aromatic N) is 2. The van der Waals surface area contributed by atoms with Crippen molar-refractivity contribution in [2.75, 3.05) is 0 Å². The van der Waals surface area contributed by atoms with Gasteiger partial charge in [-0.05, 0) is 37.1 Å². The van der Waals surface area contributed by atoms with Gasteiger partial charge in [-0.2, -0.15) is 24.3 Å². The Kier molecular flexibility index (Phi) is 17.9. The first-order valence-corrected chi connectivity index (χ1v) is 7.71. The fourth-order valence-corrected chi connectivity index (χ4v) is 2.92. The number of hydrogen-bond acceptors (Lipinski definition) is 5. The molecule has 1 radical (unpaired) electrons. The first kappa shape index (κ1) is 32.4. The van der Waals surface area contributed by atoms with Crippen LogP contribution in [0.3, 0.4) is 0 Å². The van der Waals surface area contributed by atoms with Crippen molar-refractivity contribution in [3.63, 3.8) is 0 Å². The van der Waals surface area contributed by atoms with Gasteiger partial charge in [-0.25, -0.2) is 0 Å². The molecule has 4 rings (SSSR count). The third-order valence-electron chi connectivity index (χ3n) is 3.96. The zero-order chi connectivity index (χ0) is 16.2. The van der Waals surface area contributed by atoms with Gasteiger partial charge in [0.1, 0.15) is 6.10 Å². The normalized spacial score (nSPS) is 17.2. The van der Waals surface area contributed by atoms with Gasteiger partial charge in [-0.15, -0.1) is 11.1 Å². The Labute approximate surface area is 208 Å². The summed E-state index contributed by atoms with van der Waals surface area (Å²) in [6, 6.07) is 9.73. The molecule has 0 amide bonds. The van der Waals surface area contributed by atoms with E-state index in [2.05, 4.69) is 22.1 Å². The first-order valence-electron chi connectivity index (χ1n) is 7.71. The topological polar surface area (TPSA) is 72.3 Å². The number of fused-ring (bicyclic) bond motifs is 2. The van der Waals surface area contributed by atoms with E-state index in [1.54, 1.807) is 24.5 Å². The van der Waals surface area contributed by atoms with Gasteiger partial charge in [0.05, 0.1) is 6.10 Å². The van der Waals surface area contributed by atoms with E-state index in [1.165, 1.54) is 6.92 Å². The summed E-state index contributed by atoms with van der Waals surface area (Å²) in [4.78, 5) is 19.0. The van der Waals surface area contributed by atoms with Crippen molar-refractivity contribution in [2.24, 2.45) is 0 Å². The van der Waals surface area contributed by atoms with Gasteiger partial charge in [0.15, 0.2) is 0 Å². The Morgan fingerprint density at radius 1 is 1.07 bits per heavy atom. The average molecular weight is 760 g/mol. The van der Waals surface area contributed by atoms with E-state index in [0.29, 0.717) is 0 Å². The summed E-state index contributed by atoms with van der Waals surface area (Å²) in [6.45, 7) is 1.42.